The van der Waals surface area contributed by atoms with Crippen molar-refractivity contribution in [3.63, 3.8) is 0 Å². The molecule has 56 heavy (non-hydrogen) atoms. The topological polar surface area (TPSA) is 158 Å². The van der Waals surface area contributed by atoms with Gasteiger partial charge in [0, 0.05) is 25.1 Å². The Balaban J connectivity index is 0.000000173. The Morgan fingerprint density at radius 2 is 1.68 bits per heavy atom. The molecule has 2 saturated heterocycles. The zero-order valence-corrected chi connectivity index (χ0v) is 31.4. The number of nitrogens with one attached hydrogen (secondary N) is 2. The Hall–Kier alpha value is -5.58. The van der Waals surface area contributed by atoms with Gasteiger partial charge < -0.3 is 15.0 Å². The summed E-state index contributed by atoms with van der Waals surface area (Å²) in [5, 5.41) is 10.2. The van der Waals surface area contributed by atoms with E-state index < -0.39 is 23.8 Å². The minimum absolute atomic E-state index is 0.145. The molecule has 3 fully saturated rings. The molecule has 17 heteroatoms. The number of rotatable bonds is 6. The zero-order valence-electron chi connectivity index (χ0n) is 31.4. The number of amides is 3. The monoisotopic (exact) mass is 775 g/mol. The van der Waals surface area contributed by atoms with E-state index in [4.69, 9.17) is 4.74 Å². The van der Waals surface area contributed by atoms with Crippen LogP contribution in [0.5, 0.6) is 5.88 Å². The first-order valence-electron chi connectivity index (χ1n) is 18.8. The van der Waals surface area contributed by atoms with Crippen LogP contribution in [0, 0.1) is 0 Å². The fourth-order valence-corrected chi connectivity index (χ4v) is 8.01. The number of aryl methyl sites for hydroxylation is 1. The molecule has 3 amide bonds. The fraction of sp³-hybridized carbons (Fsp3) is 0.462. The van der Waals surface area contributed by atoms with Gasteiger partial charge >= 0.3 is 11.9 Å². The molecule has 0 bridgehead atoms. The van der Waals surface area contributed by atoms with Crippen molar-refractivity contribution in [1.29, 1.82) is 0 Å². The van der Waals surface area contributed by atoms with Crippen LogP contribution >= 0.6 is 0 Å². The van der Waals surface area contributed by atoms with Gasteiger partial charge in [0.25, 0.3) is 5.91 Å². The van der Waals surface area contributed by atoms with Crippen LogP contribution in [0.4, 0.5) is 19.0 Å². The van der Waals surface area contributed by atoms with Crippen LogP contribution in [0.2, 0.25) is 0 Å². The lowest BCUT2D eigenvalue weighted by Gasteiger charge is -2.29. The van der Waals surface area contributed by atoms with Crippen molar-refractivity contribution < 1.29 is 32.3 Å². The van der Waals surface area contributed by atoms with Crippen LogP contribution in [0.1, 0.15) is 97.5 Å². The highest BCUT2D eigenvalue weighted by Gasteiger charge is 2.34. The summed E-state index contributed by atoms with van der Waals surface area (Å²) in [6.07, 6.45) is 5.63. The number of piperidine rings is 2. The van der Waals surface area contributed by atoms with Gasteiger partial charge in [-0.2, -0.15) is 23.3 Å². The average molecular weight is 776 g/mol. The number of para-hydroxylation sites is 1. The van der Waals surface area contributed by atoms with Crippen LogP contribution < -0.4 is 21.1 Å². The van der Waals surface area contributed by atoms with Gasteiger partial charge in [-0.3, -0.25) is 33.5 Å². The van der Waals surface area contributed by atoms with Gasteiger partial charge in [0.15, 0.2) is 5.52 Å². The Morgan fingerprint density at radius 1 is 0.946 bits per heavy atom. The Bertz CT molecular complexity index is 2340. The highest BCUT2D eigenvalue weighted by molar-refractivity contribution is 6.03. The number of imidazole rings is 1. The van der Waals surface area contributed by atoms with Crippen LogP contribution in [-0.4, -0.2) is 78.8 Å². The van der Waals surface area contributed by atoms with Crippen molar-refractivity contribution in [2.45, 2.75) is 82.0 Å². The summed E-state index contributed by atoms with van der Waals surface area (Å²) >= 11 is 0. The first-order chi connectivity index (χ1) is 26.8. The van der Waals surface area contributed by atoms with E-state index in [0.29, 0.717) is 23.9 Å². The molecular weight excluding hydrogens is 731 g/mol. The van der Waals surface area contributed by atoms with Crippen LogP contribution in [0.3, 0.4) is 0 Å². The smallest absolute Gasteiger partial charge is 0.433 e. The Morgan fingerprint density at radius 3 is 2.38 bits per heavy atom. The first-order valence-corrected chi connectivity index (χ1v) is 18.8. The second-order valence-electron chi connectivity index (χ2n) is 14.7. The summed E-state index contributed by atoms with van der Waals surface area (Å²) in [5.41, 5.74) is 1.75. The number of imide groups is 1. The highest BCUT2D eigenvalue weighted by Crippen LogP contribution is 2.35. The number of likely N-dealkylation sites (tertiary alicyclic amines) is 1. The molecule has 1 atom stereocenters. The quantitative estimate of drug-likeness (QED) is 0.205. The molecule has 0 radical (unpaired) electrons. The highest BCUT2D eigenvalue weighted by atomic mass is 19.4. The number of hydrogen-bond acceptors (Lipinski definition) is 9. The Labute approximate surface area is 320 Å². The van der Waals surface area contributed by atoms with Crippen molar-refractivity contribution in [3.05, 3.63) is 76.1 Å². The van der Waals surface area contributed by atoms with Crippen molar-refractivity contribution in [2.24, 2.45) is 7.05 Å². The summed E-state index contributed by atoms with van der Waals surface area (Å²) in [6.45, 7) is 2.09. The number of methoxy groups -OCH3 is 1. The molecule has 5 aromatic rings. The largest absolute Gasteiger partial charge is 0.479 e. The molecule has 0 spiro atoms. The summed E-state index contributed by atoms with van der Waals surface area (Å²) in [5.74, 6) is -0.666. The normalized spacial score (nSPS) is 18.8. The van der Waals surface area contributed by atoms with Crippen molar-refractivity contribution in [3.8, 4) is 5.88 Å². The van der Waals surface area contributed by atoms with E-state index in [1.807, 2.05) is 23.0 Å². The van der Waals surface area contributed by atoms with Crippen LogP contribution in [0.15, 0.2) is 53.5 Å². The summed E-state index contributed by atoms with van der Waals surface area (Å²) in [6, 6.07) is 10.4. The van der Waals surface area contributed by atoms with Gasteiger partial charge in [0.1, 0.15) is 23.2 Å². The van der Waals surface area contributed by atoms with Gasteiger partial charge in [-0.15, -0.1) is 0 Å². The molecule has 1 aliphatic carbocycles. The van der Waals surface area contributed by atoms with Crippen LogP contribution in [0.25, 0.3) is 21.9 Å². The van der Waals surface area contributed by atoms with Crippen molar-refractivity contribution in [2.75, 3.05) is 32.6 Å². The minimum Gasteiger partial charge on any atom is -0.479 e. The Kier molecular flexibility index (Phi) is 11.0. The number of alkyl halides is 3. The van der Waals surface area contributed by atoms with Crippen molar-refractivity contribution in [1.82, 2.24) is 39.1 Å². The third kappa shape index (κ3) is 7.90. The SMILES string of the molecule is CN1CCC(c2cccc3c2n(C)c(=O)n3C2CCC(=O)NC2=O)CC1.COc1nc(NC(=O)c2cccc(C(F)(F)F)n2)cc2cn(C3CCCCC3)nc12. The predicted molar refractivity (Wildman–Crippen MR) is 201 cm³/mol. The first kappa shape index (κ1) is 38.7. The molecule has 1 saturated carbocycles. The number of hydrogen-bond donors (Lipinski definition) is 2. The van der Waals surface area contributed by atoms with Crippen molar-refractivity contribution >= 4 is 45.5 Å². The van der Waals surface area contributed by atoms with E-state index in [0.717, 1.165) is 80.2 Å². The lowest BCUT2D eigenvalue weighted by Crippen LogP contribution is -2.44. The number of nitrogens with zero attached hydrogens (tertiary/aromatic N) is 7. The van der Waals surface area contributed by atoms with Gasteiger partial charge in [0.05, 0.1) is 24.2 Å². The average Bonchev–Trinajstić information content (AvgIpc) is 3.73. The summed E-state index contributed by atoms with van der Waals surface area (Å²) in [7, 11) is 5.35. The molecule has 6 heterocycles. The van der Waals surface area contributed by atoms with E-state index >= 15 is 0 Å². The molecule has 3 aliphatic rings. The number of fused-ring (bicyclic) bond motifs is 2. The fourth-order valence-electron chi connectivity index (χ4n) is 8.01. The number of ether oxygens (including phenoxy) is 1. The van der Waals surface area contributed by atoms with Gasteiger partial charge in [-0.05, 0) is 88.0 Å². The number of pyridine rings is 2. The molecule has 2 N–H and O–H groups in total. The third-order valence-corrected chi connectivity index (χ3v) is 10.9. The maximum atomic E-state index is 13.0. The number of carbonyl (C=O) groups is 3. The maximum absolute atomic E-state index is 13.0. The van der Waals surface area contributed by atoms with E-state index in [1.165, 1.54) is 25.2 Å². The van der Waals surface area contributed by atoms with Crippen LogP contribution in [-0.2, 0) is 22.8 Å². The lowest BCUT2D eigenvalue weighted by atomic mass is 9.88. The minimum atomic E-state index is -4.63. The van der Waals surface area contributed by atoms with Gasteiger partial charge in [-0.25, -0.2) is 9.78 Å². The number of halogens is 3. The molecule has 2 aliphatic heterocycles. The third-order valence-electron chi connectivity index (χ3n) is 10.9. The number of benzene rings is 1. The molecule has 296 valence electrons. The van der Waals surface area contributed by atoms with Gasteiger partial charge in [0.2, 0.25) is 17.7 Å². The van der Waals surface area contributed by atoms with E-state index in [9.17, 15) is 32.3 Å². The molecule has 14 nitrogen and oxygen atoms in total. The molecule has 4 aromatic heterocycles. The number of carbonyl (C=O) groups excluding carboxylic acids is 3. The zero-order chi connectivity index (χ0) is 39.7. The summed E-state index contributed by atoms with van der Waals surface area (Å²) in [4.78, 5) is 59.1. The van der Waals surface area contributed by atoms with E-state index in [-0.39, 0.29) is 41.3 Å². The summed E-state index contributed by atoms with van der Waals surface area (Å²) < 4.78 is 49.0. The maximum Gasteiger partial charge on any atom is 0.433 e. The predicted octanol–water partition coefficient (Wildman–Crippen LogP) is 5.74. The van der Waals surface area contributed by atoms with Gasteiger partial charge in [-0.1, -0.05) is 37.5 Å². The standard InChI is InChI=1S/C20H20F3N5O2.C19H24N4O3/c1-30-19-17-12(11-28(27-17)13-6-3-2-4-7-13)10-16(26-19)25-18(29)14-8-5-9-15(24-14)20(21,22)23;1-21-10-8-12(9-11-21)13-4-3-5-14-17(13)22(2)19(26)23(14)15-6-7-16(24)20-18(15)25/h5,8-11,13H,2-4,6-7H2,1H3,(H,25,29);3-5,12,15H,6-11H2,1-2H3,(H,20,24,25). The van der Waals surface area contributed by atoms with E-state index in [1.54, 1.807) is 22.2 Å². The second-order valence-corrected chi connectivity index (χ2v) is 14.7. The number of aromatic nitrogens is 6. The lowest BCUT2D eigenvalue weighted by molar-refractivity contribution is -0.141. The molecule has 1 aromatic carbocycles. The number of anilines is 1. The molecule has 1 unspecified atom stereocenters. The second kappa shape index (κ2) is 15.9. The molecular formula is C39H44F3N9O5. The molecule has 8 rings (SSSR count). The van der Waals surface area contributed by atoms with E-state index in [2.05, 4.69) is 43.7 Å².